The molecule has 14 heavy (non-hydrogen) atoms. The summed E-state index contributed by atoms with van der Waals surface area (Å²) in [6, 6.07) is 0. The van der Waals surface area contributed by atoms with Gasteiger partial charge in [-0.15, -0.1) is 0 Å². The van der Waals surface area contributed by atoms with E-state index in [9.17, 15) is 4.79 Å². The zero-order chi connectivity index (χ0) is 11.0. The van der Waals surface area contributed by atoms with Crippen LogP contribution in [0.1, 0.15) is 13.3 Å². The van der Waals surface area contributed by atoms with Gasteiger partial charge in [0.25, 0.3) is 0 Å². The summed E-state index contributed by atoms with van der Waals surface area (Å²) in [5.74, 6) is -0.369. The normalized spacial score (nSPS) is 10.3. The maximum absolute atomic E-state index is 10.9. The predicted molar refractivity (Wildman–Crippen MR) is 51.1 cm³/mol. The second-order valence-corrected chi connectivity index (χ2v) is 2.69. The third-order valence-corrected chi connectivity index (χ3v) is 1.47. The van der Waals surface area contributed by atoms with E-state index in [4.69, 9.17) is 14.4 Å². The van der Waals surface area contributed by atoms with Crippen molar-refractivity contribution in [1.29, 1.82) is 0 Å². The van der Waals surface area contributed by atoms with Gasteiger partial charge in [-0.1, -0.05) is 11.8 Å². The van der Waals surface area contributed by atoms with Gasteiger partial charge >= 0.3 is 5.97 Å². The van der Waals surface area contributed by atoms with Gasteiger partial charge in [0.15, 0.2) is 0 Å². The molecule has 82 valence electrons. The predicted octanol–water partition coefficient (Wildman–Crippen LogP) is 0.921. The van der Waals surface area contributed by atoms with Crippen molar-refractivity contribution in [2.75, 3.05) is 27.4 Å². The van der Waals surface area contributed by atoms with Gasteiger partial charge in [-0.3, -0.25) is 9.68 Å². The van der Waals surface area contributed by atoms with Crippen LogP contribution in [-0.4, -0.2) is 38.6 Å². The Bertz CT molecular complexity index is 189. The standard InChI is InChI=1S/C9H17NO4/c1-8(2)9(11)14-7-5-6-10(12-3)13-4/h1,5-7H2,2-4H3. The maximum atomic E-state index is 10.9. The lowest BCUT2D eigenvalue weighted by molar-refractivity contribution is -0.342. The SMILES string of the molecule is C=C(C)C(=O)OCCCN(OC)OC. The first-order valence-corrected chi connectivity index (χ1v) is 4.30. The fraction of sp³-hybridized carbons (Fsp3) is 0.667. The van der Waals surface area contributed by atoms with Crippen molar-refractivity contribution in [2.24, 2.45) is 0 Å². The van der Waals surface area contributed by atoms with Gasteiger partial charge in [-0.05, 0) is 13.3 Å². The molecule has 5 nitrogen and oxygen atoms in total. The minimum absolute atomic E-state index is 0.328. The van der Waals surface area contributed by atoms with Crippen molar-refractivity contribution >= 4 is 5.97 Å². The summed E-state index contributed by atoms with van der Waals surface area (Å²) in [6.45, 7) is 5.94. The van der Waals surface area contributed by atoms with Gasteiger partial charge in [0.2, 0.25) is 0 Å². The van der Waals surface area contributed by atoms with Crippen molar-refractivity contribution in [2.45, 2.75) is 13.3 Å². The lowest BCUT2D eigenvalue weighted by Gasteiger charge is -2.15. The molecule has 0 spiro atoms. The van der Waals surface area contributed by atoms with Gasteiger partial charge in [-0.2, -0.15) is 0 Å². The third-order valence-electron chi connectivity index (χ3n) is 1.47. The van der Waals surface area contributed by atoms with E-state index < -0.39 is 0 Å². The number of nitrogens with zero attached hydrogens (tertiary/aromatic N) is 1. The molecule has 5 heteroatoms. The Morgan fingerprint density at radius 2 is 1.93 bits per heavy atom. The molecule has 0 bridgehead atoms. The molecule has 0 unspecified atom stereocenters. The zero-order valence-corrected chi connectivity index (χ0v) is 8.91. The largest absolute Gasteiger partial charge is 0.462 e. The average Bonchev–Trinajstić information content (AvgIpc) is 2.17. The lowest BCUT2D eigenvalue weighted by Crippen LogP contribution is -2.23. The fourth-order valence-electron chi connectivity index (χ4n) is 0.739. The molecule has 0 aromatic heterocycles. The highest BCUT2D eigenvalue weighted by Crippen LogP contribution is 1.95. The molecule has 0 aliphatic carbocycles. The summed E-state index contributed by atoms with van der Waals surface area (Å²) < 4.78 is 4.87. The molecule has 0 atom stereocenters. The molecule has 0 rings (SSSR count). The number of rotatable bonds is 7. The monoisotopic (exact) mass is 203 g/mol. The smallest absolute Gasteiger partial charge is 0.333 e. The molecule has 0 radical (unpaired) electrons. The highest BCUT2D eigenvalue weighted by atomic mass is 16.9. The number of carbonyl (C=O) groups is 1. The van der Waals surface area contributed by atoms with Crippen molar-refractivity contribution in [3.05, 3.63) is 12.2 Å². The second-order valence-electron chi connectivity index (χ2n) is 2.69. The van der Waals surface area contributed by atoms with Crippen molar-refractivity contribution in [3.8, 4) is 0 Å². The van der Waals surface area contributed by atoms with Crippen LogP contribution in [0.25, 0.3) is 0 Å². The molecular weight excluding hydrogens is 186 g/mol. The van der Waals surface area contributed by atoms with E-state index >= 15 is 0 Å². The van der Waals surface area contributed by atoms with E-state index in [0.29, 0.717) is 25.1 Å². The Labute approximate surface area is 84.1 Å². The van der Waals surface area contributed by atoms with Crippen LogP contribution in [-0.2, 0) is 19.2 Å². The minimum Gasteiger partial charge on any atom is -0.462 e. The molecule has 0 aliphatic heterocycles. The van der Waals surface area contributed by atoms with E-state index in [1.165, 1.54) is 19.4 Å². The van der Waals surface area contributed by atoms with Crippen LogP contribution in [0.3, 0.4) is 0 Å². The van der Waals surface area contributed by atoms with Crippen LogP contribution < -0.4 is 0 Å². The van der Waals surface area contributed by atoms with Gasteiger partial charge < -0.3 is 4.74 Å². The van der Waals surface area contributed by atoms with Gasteiger partial charge in [-0.25, -0.2) is 4.79 Å². The van der Waals surface area contributed by atoms with E-state index in [1.54, 1.807) is 6.92 Å². The summed E-state index contributed by atoms with van der Waals surface area (Å²) in [6.07, 6.45) is 0.640. The Hall–Kier alpha value is -0.910. The average molecular weight is 203 g/mol. The van der Waals surface area contributed by atoms with Crippen molar-refractivity contribution < 1.29 is 19.2 Å². The summed E-state index contributed by atoms with van der Waals surface area (Å²) in [7, 11) is 3.01. The number of esters is 1. The van der Waals surface area contributed by atoms with E-state index in [-0.39, 0.29) is 5.97 Å². The van der Waals surface area contributed by atoms with Crippen LogP contribution >= 0.6 is 0 Å². The zero-order valence-electron chi connectivity index (χ0n) is 8.91. The Kier molecular flexibility index (Phi) is 7.00. The Balaban J connectivity index is 3.46. The fourth-order valence-corrected chi connectivity index (χ4v) is 0.739. The molecule has 0 saturated heterocycles. The number of carbonyl (C=O) groups excluding carboxylic acids is 1. The van der Waals surface area contributed by atoms with Gasteiger partial charge in [0.05, 0.1) is 27.4 Å². The van der Waals surface area contributed by atoms with E-state index in [2.05, 4.69) is 6.58 Å². The molecule has 0 aliphatic rings. The summed E-state index contributed by atoms with van der Waals surface area (Å²) in [5, 5.41) is 1.30. The molecule has 0 N–H and O–H groups in total. The quantitative estimate of drug-likeness (QED) is 0.266. The van der Waals surface area contributed by atoms with Crippen LogP contribution in [0.2, 0.25) is 0 Å². The van der Waals surface area contributed by atoms with Crippen LogP contribution in [0.5, 0.6) is 0 Å². The molecule has 0 aromatic rings. The van der Waals surface area contributed by atoms with E-state index in [1.807, 2.05) is 0 Å². The summed E-state index contributed by atoms with van der Waals surface area (Å²) in [5.41, 5.74) is 0.403. The topological polar surface area (TPSA) is 48.0 Å². The number of ether oxygens (including phenoxy) is 1. The summed E-state index contributed by atoms with van der Waals surface area (Å²) in [4.78, 5) is 20.5. The molecule has 0 saturated carbocycles. The van der Waals surface area contributed by atoms with Crippen LogP contribution in [0.15, 0.2) is 12.2 Å². The minimum atomic E-state index is -0.369. The first kappa shape index (κ1) is 13.1. The van der Waals surface area contributed by atoms with Crippen LogP contribution in [0, 0.1) is 0 Å². The summed E-state index contributed by atoms with van der Waals surface area (Å²) >= 11 is 0. The molecular formula is C9H17NO4. The number of hydroxylamine groups is 2. The molecule has 0 amide bonds. The molecule has 0 heterocycles. The van der Waals surface area contributed by atoms with Crippen LogP contribution in [0.4, 0.5) is 0 Å². The maximum Gasteiger partial charge on any atom is 0.333 e. The van der Waals surface area contributed by atoms with Crippen molar-refractivity contribution in [3.63, 3.8) is 0 Å². The van der Waals surface area contributed by atoms with Gasteiger partial charge in [0, 0.05) is 5.57 Å². The lowest BCUT2D eigenvalue weighted by atomic mass is 10.4. The number of hydrogen-bond donors (Lipinski definition) is 0. The first-order valence-electron chi connectivity index (χ1n) is 4.30. The molecule has 0 aromatic carbocycles. The van der Waals surface area contributed by atoms with Crippen molar-refractivity contribution in [1.82, 2.24) is 5.23 Å². The highest BCUT2D eigenvalue weighted by molar-refractivity contribution is 5.86. The Morgan fingerprint density at radius 3 is 2.36 bits per heavy atom. The van der Waals surface area contributed by atoms with Gasteiger partial charge in [0.1, 0.15) is 0 Å². The van der Waals surface area contributed by atoms with E-state index in [0.717, 1.165) is 0 Å². The molecule has 0 fully saturated rings. The third kappa shape index (κ3) is 5.69. The highest BCUT2D eigenvalue weighted by Gasteiger charge is 2.04. The second kappa shape index (κ2) is 7.49. The first-order chi connectivity index (χ1) is 6.61. The Morgan fingerprint density at radius 1 is 1.36 bits per heavy atom. The number of hydrogen-bond acceptors (Lipinski definition) is 5.